The fourth-order valence-electron chi connectivity index (χ4n) is 3.32. The molecule has 0 radical (unpaired) electrons. The Morgan fingerprint density at radius 3 is 2.80 bits per heavy atom. The van der Waals surface area contributed by atoms with Gasteiger partial charge in [-0.1, -0.05) is 6.07 Å². The summed E-state index contributed by atoms with van der Waals surface area (Å²) >= 11 is 0. The molecule has 0 spiro atoms. The van der Waals surface area contributed by atoms with E-state index in [1.807, 2.05) is 12.5 Å². The van der Waals surface area contributed by atoms with Gasteiger partial charge < -0.3 is 19.5 Å². The van der Waals surface area contributed by atoms with Gasteiger partial charge in [0.25, 0.3) is 0 Å². The predicted molar refractivity (Wildman–Crippen MR) is 92.0 cm³/mol. The molecule has 1 aliphatic heterocycles. The minimum absolute atomic E-state index is 0.179. The Labute approximate surface area is 146 Å². The van der Waals surface area contributed by atoms with Gasteiger partial charge in [0.15, 0.2) is 0 Å². The van der Waals surface area contributed by atoms with Gasteiger partial charge in [-0.2, -0.15) is 0 Å². The molecule has 134 valence electrons. The molecule has 2 heterocycles. The molecule has 2 aromatic rings. The van der Waals surface area contributed by atoms with E-state index in [1.165, 1.54) is 13.2 Å². The fraction of sp³-hybridized carbons (Fsp3) is 0.444. The molecule has 1 atom stereocenters. The summed E-state index contributed by atoms with van der Waals surface area (Å²) in [5, 5.41) is 2.88. The molecule has 25 heavy (non-hydrogen) atoms. The summed E-state index contributed by atoms with van der Waals surface area (Å²) in [5.74, 6) is 0.0533. The van der Waals surface area contributed by atoms with Crippen molar-refractivity contribution in [1.29, 1.82) is 0 Å². The van der Waals surface area contributed by atoms with Crippen LogP contribution in [0.15, 0.2) is 36.9 Å². The lowest BCUT2D eigenvalue weighted by molar-refractivity contribution is 0.168. The number of urea groups is 1. The Morgan fingerprint density at radius 1 is 1.40 bits per heavy atom. The van der Waals surface area contributed by atoms with Crippen molar-refractivity contribution in [2.45, 2.75) is 31.8 Å². The molecule has 2 amide bonds. The number of methoxy groups -OCH3 is 1. The van der Waals surface area contributed by atoms with Gasteiger partial charge in [0.1, 0.15) is 11.6 Å². The minimum Gasteiger partial charge on any atom is -0.496 e. The number of rotatable bonds is 4. The number of hydrogen-bond donors (Lipinski definition) is 1. The Hall–Kier alpha value is -2.57. The highest BCUT2D eigenvalue weighted by atomic mass is 19.1. The van der Waals surface area contributed by atoms with E-state index in [2.05, 4.69) is 14.9 Å². The van der Waals surface area contributed by atoms with Crippen molar-refractivity contribution >= 4 is 6.03 Å². The lowest BCUT2D eigenvalue weighted by Crippen LogP contribution is -2.45. The number of likely N-dealkylation sites (tertiary alicyclic amines) is 1. The molecule has 0 bridgehead atoms. The number of piperidine rings is 1. The first-order chi connectivity index (χ1) is 12.1. The van der Waals surface area contributed by atoms with Crippen LogP contribution in [-0.4, -0.2) is 40.7 Å². The van der Waals surface area contributed by atoms with Crippen molar-refractivity contribution in [2.75, 3.05) is 20.2 Å². The SMILES string of the molecule is COc1cccc(F)c1C(C)NC(=O)N1CCC(n2ccnc2)CC1. The summed E-state index contributed by atoms with van der Waals surface area (Å²) in [6.45, 7) is 3.09. The van der Waals surface area contributed by atoms with Gasteiger partial charge in [0.2, 0.25) is 0 Å². The topological polar surface area (TPSA) is 59.4 Å². The Morgan fingerprint density at radius 2 is 2.16 bits per heavy atom. The number of nitrogens with zero attached hydrogens (tertiary/aromatic N) is 3. The summed E-state index contributed by atoms with van der Waals surface area (Å²) in [7, 11) is 1.49. The van der Waals surface area contributed by atoms with Crippen LogP contribution in [0.4, 0.5) is 9.18 Å². The highest BCUT2D eigenvalue weighted by Gasteiger charge is 2.26. The van der Waals surface area contributed by atoms with Crippen molar-refractivity contribution in [2.24, 2.45) is 0 Å². The maximum Gasteiger partial charge on any atom is 0.317 e. The number of carbonyl (C=O) groups excluding carboxylic acids is 1. The van der Waals surface area contributed by atoms with Crippen LogP contribution in [0.1, 0.15) is 37.4 Å². The molecule has 6 nitrogen and oxygen atoms in total. The maximum absolute atomic E-state index is 14.1. The van der Waals surface area contributed by atoms with Gasteiger partial charge in [-0.3, -0.25) is 0 Å². The minimum atomic E-state index is -0.477. The number of amides is 2. The van der Waals surface area contributed by atoms with Crippen LogP contribution in [0, 0.1) is 5.82 Å². The normalized spacial score (nSPS) is 16.5. The number of benzene rings is 1. The molecule has 1 N–H and O–H groups in total. The second-order valence-corrected chi connectivity index (χ2v) is 6.26. The van der Waals surface area contributed by atoms with Crippen LogP contribution in [0.3, 0.4) is 0 Å². The van der Waals surface area contributed by atoms with Gasteiger partial charge in [0.05, 0.1) is 25.0 Å². The molecule has 3 rings (SSSR count). The predicted octanol–water partition coefficient (Wildman–Crippen LogP) is 3.14. The number of ether oxygens (including phenoxy) is 1. The highest BCUT2D eigenvalue weighted by molar-refractivity contribution is 5.75. The highest BCUT2D eigenvalue weighted by Crippen LogP contribution is 2.28. The quantitative estimate of drug-likeness (QED) is 0.925. The van der Waals surface area contributed by atoms with E-state index in [-0.39, 0.29) is 11.8 Å². The summed E-state index contributed by atoms with van der Waals surface area (Å²) in [6, 6.07) is 4.37. The van der Waals surface area contributed by atoms with Crippen LogP contribution in [-0.2, 0) is 0 Å². The summed E-state index contributed by atoms with van der Waals surface area (Å²) in [6.07, 6.45) is 7.28. The van der Waals surface area contributed by atoms with Crippen LogP contribution in [0.5, 0.6) is 5.75 Å². The van der Waals surface area contributed by atoms with E-state index < -0.39 is 6.04 Å². The largest absolute Gasteiger partial charge is 0.496 e. The van der Waals surface area contributed by atoms with Gasteiger partial charge in [-0.05, 0) is 31.9 Å². The number of hydrogen-bond acceptors (Lipinski definition) is 3. The molecule has 1 saturated heterocycles. The lowest BCUT2D eigenvalue weighted by Gasteiger charge is -2.33. The summed E-state index contributed by atoms with van der Waals surface area (Å²) in [4.78, 5) is 18.4. The zero-order valence-corrected chi connectivity index (χ0v) is 14.5. The van der Waals surface area contributed by atoms with Crippen molar-refractivity contribution < 1.29 is 13.9 Å². The maximum atomic E-state index is 14.1. The van der Waals surface area contributed by atoms with Crippen LogP contribution in [0.25, 0.3) is 0 Å². The fourth-order valence-corrected chi connectivity index (χ4v) is 3.32. The Kier molecular flexibility index (Phi) is 5.21. The third-order valence-corrected chi connectivity index (χ3v) is 4.70. The van der Waals surface area contributed by atoms with Crippen LogP contribution >= 0.6 is 0 Å². The number of nitrogens with one attached hydrogen (secondary N) is 1. The van der Waals surface area contributed by atoms with Gasteiger partial charge in [-0.25, -0.2) is 14.2 Å². The molecule has 0 saturated carbocycles. The first-order valence-electron chi connectivity index (χ1n) is 8.45. The molecule has 1 aliphatic rings. The smallest absolute Gasteiger partial charge is 0.317 e. The number of aromatic nitrogens is 2. The molecule has 1 unspecified atom stereocenters. The third-order valence-electron chi connectivity index (χ3n) is 4.70. The van der Waals surface area contributed by atoms with Gasteiger partial charge in [0, 0.05) is 31.5 Å². The zero-order chi connectivity index (χ0) is 17.8. The zero-order valence-electron chi connectivity index (χ0n) is 14.5. The molecule has 1 fully saturated rings. The van der Waals surface area contributed by atoms with Gasteiger partial charge >= 0.3 is 6.03 Å². The van der Waals surface area contributed by atoms with Crippen molar-refractivity contribution in [3.8, 4) is 5.75 Å². The lowest BCUT2D eigenvalue weighted by atomic mass is 10.0. The molecule has 0 aliphatic carbocycles. The first-order valence-corrected chi connectivity index (χ1v) is 8.45. The van der Waals surface area contributed by atoms with Gasteiger partial charge in [-0.15, -0.1) is 0 Å². The van der Waals surface area contributed by atoms with Crippen molar-refractivity contribution in [3.05, 3.63) is 48.3 Å². The number of halogens is 1. The number of imidazole rings is 1. The molecule has 1 aromatic carbocycles. The standard InChI is InChI=1S/C18H23FN4O2/c1-13(17-15(19)4-3-5-16(17)25-2)21-18(24)22-9-6-14(7-10-22)23-11-8-20-12-23/h3-5,8,11-14H,6-7,9-10H2,1-2H3,(H,21,24). The number of carbonyl (C=O) groups is 1. The molecular formula is C18H23FN4O2. The molecular weight excluding hydrogens is 323 g/mol. The van der Waals surface area contributed by atoms with E-state index in [1.54, 1.807) is 30.2 Å². The second-order valence-electron chi connectivity index (χ2n) is 6.26. The van der Waals surface area contributed by atoms with E-state index in [0.29, 0.717) is 30.4 Å². The van der Waals surface area contributed by atoms with Crippen molar-refractivity contribution in [3.63, 3.8) is 0 Å². The average Bonchev–Trinajstić information content (AvgIpc) is 3.16. The van der Waals surface area contributed by atoms with Crippen LogP contribution in [0.2, 0.25) is 0 Å². The third kappa shape index (κ3) is 3.75. The van der Waals surface area contributed by atoms with Crippen molar-refractivity contribution in [1.82, 2.24) is 19.8 Å². The monoisotopic (exact) mass is 346 g/mol. The molecule has 1 aromatic heterocycles. The first kappa shape index (κ1) is 17.3. The van der Waals surface area contributed by atoms with E-state index >= 15 is 0 Å². The van der Waals surface area contributed by atoms with E-state index in [0.717, 1.165) is 12.8 Å². The Balaban J connectivity index is 1.60. The Bertz CT molecular complexity index is 712. The molecule has 7 heteroatoms. The second kappa shape index (κ2) is 7.55. The average molecular weight is 346 g/mol. The van der Waals surface area contributed by atoms with E-state index in [4.69, 9.17) is 4.74 Å². The van der Waals surface area contributed by atoms with Crippen LogP contribution < -0.4 is 10.1 Å². The van der Waals surface area contributed by atoms with E-state index in [9.17, 15) is 9.18 Å². The summed E-state index contributed by atoms with van der Waals surface area (Å²) < 4.78 is 21.4. The summed E-state index contributed by atoms with van der Waals surface area (Å²) in [5.41, 5.74) is 0.367.